The molecule has 0 atom stereocenters. The summed E-state index contributed by atoms with van der Waals surface area (Å²) in [6.45, 7) is 0.719. The third-order valence-corrected chi connectivity index (χ3v) is 2.22. The van der Waals surface area contributed by atoms with Crippen molar-refractivity contribution in [2.24, 2.45) is 0 Å². The van der Waals surface area contributed by atoms with Crippen LogP contribution >= 0.6 is 11.6 Å². The van der Waals surface area contributed by atoms with Crippen molar-refractivity contribution in [3.05, 3.63) is 22.7 Å². The number of halogens is 1. The SMILES string of the molecule is CNCc1cc(OC)c(Cl)cc1OC. The van der Waals surface area contributed by atoms with Gasteiger partial charge in [0.25, 0.3) is 0 Å². The minimum absolute atomic E-state index is 0.559. The Morgan fingerprint density at radius 1 is 1.21 bits per heavy atom. The highest BCUT2D eigenvalue weighted by Crippen LogP contribution is 2.32. The Labute approximate surface area is 89.0 Å². The van der Waals surface area contributed by atoms with Gasteiger partial charge in [-0.2, -0.15) is 0 Å². The van der Waals surface area contributed by atoms with Gasteiger partial charge < -0.3 is 14.8 Å². The summed E-state index contributed by atoms with van der Waals surface area (Å²) in [6, 6.07) is 3.63. The normalized spacial score (nSPS) is 10.0. The van der Waals surface area contributed by atoms with Crippen LogP contribution in [0.25, 0.3) is 0 Å². The minimum Gasteiger partial charge on any atom is -0.496 e. The fourth-order valence-electron chi connectivity index (χ4n) is 1.25. The van der Waals surface area contributed by atoms with Crippen LogP contribution in [0.4, 0.5) is 0 Å². The van der Waals surface area contributed by atoms with Gasteiger partial charge in [-0.05, 0) is 13.1 Å². The average Bonchev–Trinajstić information content (AvgIpc) is 2.20. The number of rotatable bonds is 4. The van der Waals surface area contributed by atoms with E-state index < -0.39 is 0 Å². The van der Waals surface area contributed by atoms with Gasteiger partial charge in [0.1, 0.15) is 11.5 Å². The molecule has 0 radical (unpaired) electrons. The van der Waals surface area contributed by atoms with E-state index >= 15 is 0 Å². The zero-order chi connectivity index (χ0) is 10.6. The number of benzene rings is 1. The van der Waals surface area contributed by atoms with Crippen LogP contribution in [0.5, 0.6) is 11.5 Å². The maximum atomic E-state index is 5.96. The Morgan fingerprint density at radius 3 is 2.36 bits per heavy atom. The molecule has 3 nitrogen and oxygen atoms in total. The van der Waals surface area contributed by atoms with Crippen molar-refractivity contribution in [2.45, 2.75) is 6.54 Å². The first-order valence-electron chi connectivity index (χ1n) is 4.28. The number of hydrogen-bond donors (Lipinski definition) is 1. The van der Waals surface area contributed by atoms with Crippen LogP contribution < -0.4 is 14.8 Å². The van der Waals surface area contributed by atoms with Gasteiger partial charge in [-0.15, -0.1) is 0 Å². The molecule has 4 heteroatoms. The lowest BCUT2D eigenvalue weighted by Gasteiger charge is -2.11. The Hall–Kier alpha value is -0.930. The molecule has 0 aromatic heterocycles. The molecule has 0 heterocycles. The Morgan fingerprint density at radius 2 is 1.86 bits per heavy atom. The van der Waals surface area contributed by atoms with E-state index in [0.29, 0.717) is 10.8 Å². The summed E-state index contributed by atoms with van der Waals surface area (Å²) in [5, 5.41) is 3.61. The molecule has 1 rings (SSSR count). The van der Waals surface area contributed by atoms with E-state index in [-0.39, 0.29) is 0 Å². The zero-order valence-electron chi connectivity index (χ0n) is 8.56. The van der Waals surface area contributed by atoms with Crippen molar-refractivity contribution in [1.82, 2.24) is 5.32 Å². The van der Waals surface area contributed by atoms with E-state index in [2.05, 4.69) is 5.32 Å². The molecule has 0 unspecified atom stereocenters. The highest BCUT2D eigenvalue weighted by atomic mass is 35.5. The summed E-state index contributed by atoms with van der Waals surface area (Å²) in [5.74, 6) is 1.43. The fourth-order valence-corrected chi connectivity index (χ4v) is 1.48. The smallest absolute Gasteiger partial charge is 0.138 e. The minimum atomic E-state index is 0.559. The number of nitrogens with one attached hydrogen (secondary N) is 1. The lowest BCUT2D eigenvalue weighted by Crippen LogP contribution is -2.07. The molecule has 0 saturated heterocycles. The first kappa shape index (κ1) is 11.1. The van der Waals surface area contributed by atoms with Gasteiger partial charge in [-0.25, -0.2) is 0 Å². The van der Waals surface area contributed by atoms with E-state index in [1.165, 1.54) is 0 Å². The molecule has 0 amide bonds. The molecule has 0 aliphatic heterocycles. The van der Waals surface area contributed by atoms with Crippen LogP contribution in [-0.4, -0.2) is 21.3 Å². The fraction of sp³-hybridized carbons (Fsp3) is 0.400. The maximum absolute atomic E-state index is 5.96. The number of hydrogen-bond acceptors (Lipinski definition) is 3. The molecular formula is C10H14ClNO2. The van der Waals surface area contributed by atoms with Gasteiger partial charge in [-0.3, -0.25) is 0 Å². The highest BCUT2D eigenvalue weighted by Gasteiger charge is 2.08. The zero-order valence-corrected chi connectivity index (χ0v) is 9.31. The van der Waals surface area contributed by atoms with Gasteiger partial charge in [-0.1, -0.05) is 11.6 Å². The molecule has 0 aliphatic carbocycles. The predicted molar refractivity (Wildman–Crippen MR) is 57.3 cm³/mol. The van der Waals surface area contributed by atoms with Gasteiger partial charge in [0.05, 0.1) is 19.2 Å². The van der Waals surface area contributed by atoms with Gasteiger partial charge in [0, 0.05) is 18.2 Å². The summed E-state index contributed by atoms with van der Waals surface area (Å²) in [7, 11) is 5.09. The van der Waals surface area contributed by atoms with Crippen molar-refractivity contribution in [2.75, 3.05) is 21.3 Å². The van der Waals surface area contributed by atoms with Crippen LogP contribution in [0.3, 0.4) is 0 Å². The molecule has 0 aliphatic rings. The van der Waals surface area contributed by atoms with Crippen molar-refractivity contribution >= 4 is 11.6 Å². The van der Waals surface area contributed by atoms with Gasteiger partial charge in [0.15, 0.2) is 0 Å². The van der Waals surface area contributed by atoms with Crippen molar-refractivity contribution in [3.8, 4) is 11.5 Å². The average molecular weight is 216 g/mol. The predicted octanol–water partition coefficient (Wildman–Crippen LogP) is 2.08. The Bertz CT molecular complexity index is 315. The van der Waals surface area contributed by atoms with E-state index in [0.717, 1.165) is 17.9 Å². The largest absolute Gasteiger partial charge is 0.496 e. The van der Waals surface area contributed by atoms with E-state index in [1.807, 2.05) is 13.1 Å². The number of ether oxygens (including phenoxy) is 2. The summed E-state index contributed by atoms with van der Waals surface area (Å²) < 4.78 is 10.3. The second-order valence-corrected chi connectivity index (χ2v) is 3.24. The monoisotopic (exact) mass is 215 g/mol. The first-order chi connectivity index (χ1) is 6.72. The summed E-state index contributed by atoms with van der Waals surface area (Å²) in [5.41, 5.74) is 1.02. The number of methoxy groups -OCH3 is 2. The molecule has 0 spiro atoms. The molecule has 1 aromatic rings. The highest BCUT2D eigenvalue weighted by molar-refractivity contribution is 6.32. The second kappa shape index (κ2) is 5.08. The summed E-state index contributed by atoms with van der Waals surface area (Å²) in [4.78, 5) is 0. The molecule has 0 saturated carbocycles. The third kappa shape index (κ3) is 2.30. The topological polar surface area (TPSA) is 30.5 Å². The van der Waals surface area contributed by atoms with Crippen LogP contribution in [0.15, 0.2) is 12.1 Å². The van der Waals surface area contributed by atoms with Gasteiger partial charge in [0.2, 0.25) is 0 Å². The first-order valence-corrected chi connectivity index (χ1v) is 4.65. The van der Waals surface area contributed by atoms with E-state index in [1.54, 1.807) is 20.3 Å². The molecule has 1 aromatic carbocycles. The van der Waals surface area contributed by atoms with E-state index in [9.17, 15) is 0 Å². The molecule has 1 N–H and O–H groups in total. The van der Waals surface area contributed by atoms with E-state index in [4.69, 9.17) is 21.1 Å². The van der Waals surface area contributed by atoms with Crippen molar-refractivity contribution in [3.63, 3.8) is 0 Å². The molecule has 0 bridgehead atoms. The summed E-state index contributed by atoms with van der Waals surface area (Å²) in [6.07, 6.45) is 0. The standard InChI is InChI=1S/C10H14ClNO2/c1-12-6-7-4-10(14-3)8(11)5-9(7)13-2/h4-5,12H,6H2,1-3H3. The lowest BCUT2D eigenvalue weighted by atomic mass is 10.2. The van der Waals surface area contributed by atoms with Crippen LogP contribution in [0.2, 0.25) is 5.02 Å². The van der Waals surface area contributed by atoms with Crippen LogP contribution in [-0.2, 0) is 6.54 Å². The van der Waals surface area contributed by atoms with Crippen molar-refractivity contribution in [1.29, 1.82) is 0 Å². The summed E-state index contributed by atoms with van der Waals surface area (Å²) >= 11 is 5.96. The molecule has 14 heavy (non-hydrogen) atoms. The lowest BCUT2D eigenvalue weighted by molar-refractivity contribution is 0.398. The second-order valence-electron chi connectivity index (χ2n) is 2.83. The quantitative estimate of drug-likeness (QED) is 0.834. The molecule has 78 valence electrons. The van der Waals surface area contributed by atoms with Crippen molar-refractivity contribution < 1.29 is 9.47 Å². The Kier molecular flexibility index (Phi) is 4.04. The maximum Gasteiger partial charge on any atom is 0.138 e. The van der Waals surface area contributed by atoms with Crippen LogP contribution in [0, 0.1) is 0 Å². The third-order valence-electron chi connectivity index (χ3n) is 1.92. The molecular weight excluding hydrogens is 202 g/mol. The Balaban J connectivity index is 3.11. The van der Waals surface area contributed by atoms with Crippen LogP contribution in [0.1, 0.15) is 5.56 Å². The molecule has 0 fully saturated rings. The van der Waals surface area contributed by atoms with Gasteiger partial charge >= 0.3 is 0 Å².